The van der Waals surface area contributed by atoms with E-state index in [1.807, 2.05) is 12.1 Å². The summed E-state index contributed by atoms with van der Waals surface area (Å²) in [5.41, 5.74) is 3.15. The standard InChI is InChI=1S/C11H13ClN2/c1-11(2,3)9-7(12)4-5-8-10(9)14-6-13-8/h4-6H,1-3H3,(H,13,14). The minimum absolute atomic E-state index is 0.0196. The van der Waals surface area contributed by atoms with Crippen LogP contribution >= 0.6 is 11.6 Å². The monoisotopic (exact) mass is 208 g/mol. The highest BCUT2D eigenvalue weighted by atomic mass is 35.5. The maximum absolute atomic E-state index is 6.19. The summed E-state index contributed by atoms with van der Waals surface area (Å²) in [6.45, 7) is 6.42. The first-order valence-electron chi connectivity index (χ1n) is 4.62. The summed E-state index contributed by atoms with van der Waals surface area (Å²) in [6, 6.07) is 3.88. The molecule has 0 aliphatic carbocycles. The molecular formula is C11H13ClN2. The largest absolute Gasteiger partial charge is 0.345 e. The molecule has 3 heteroatoms. The van der Waals surface area contributed by atoms with E-state index in [-0.39, 0.29) is 5.41 Å². The fourth-order valence-corrected chi connectivity index (χ4v) is 2.13. The van der Waals surface area contributed by atoms with Gasteiger partial charge in [0.15, 0.2) is 0 Å². The molecule has 0 unspecified atom stereocenters. The molecule has 0 aliphatic heterocycles. The van der Waals surface area contributed by atoms with Crippen LogP contribution in [0.5, 0.6) is 0 Å². The SMILES string of the molecule is CC(C)(C)c1c(Cl)ccc2[nH]cnc12. The van der Waals surface area contributed by atoms with Gasteiger partial charge in [0.05, 0.1) is 17.4 Å². The molecule has 74 valence electrons. The summed E-state index contributed by atoms with van der Waals surface area (Å²) < 4.78 is 0. The number of halogens is 1. The van der Waals surface area contributed by atoms with Crippen molar-refractivity contribution in [3.05, 3.63) is 29.0 Å². The van der Waals surface area contributed by atoms with Gasteiger partial charge < -0.3 is 4.98 Å². The maximum Gasteiger partial charge on any atom is 0.0934 e. The first-order valence-corrected chi connectivity index (χ1v) is 5.00. The number of nitrogens with one attached hydrogen (secondary N) is 1. The summed E-state index contributed by atoms with van der Waals surface area (Å²) in [7, 11) is 0. The number of hydrogen-bond acceptors (Lipinski definition) is 1. The molecule has 2 nitrogen and oxygen atoms in total. The van der Waals surface area contributed by atoms with Crippen LogP contribution in [-0.4, -0.2) is 9.97 Å². The molecule has 0 atom stereocenters. The smallest absolute Gasteiger partial charge is 0.0934 e. The average Bonchev–Trinajstić information content (AvgIpc) is 2.48. The number of H-pyrrole nitrogens is 1. The zero-order valence-electron chi connectivity index (χ0n) is 8.56. The van der Waals surface area contributed by atoms with Crippen molar-refractivity contribution in [1.29, 1.82) is 0 Å². The Bertz CT molecular complexity index is 466. The topological polar surface area (TPSA) is 28.7 Å². The van der Waals surface area contributed by atoms with E-state index >= 15 is 0 Å². The highest BCUT2D eigenvalue weighted by Crippen LogP contribution is 2.34. The van der Waals surface area contributed by atoms with Crippen LogP contribution in [0.15, 0.2) is 18.5 Å². The lowest BCUT2D eigenvalue weighted by atomic mass is 9.86. The summed E-state index contributed by atoms with van der Waals surface area (Å²) in [4.78, 5) is 7.40. The highest BCUT2D eigenvalue weighted by Gasteiger charge is 2.21. The number of rotatable bonds is 0. The van der Waals surface area contributed by atoms with Crippen LogP contribution in [0.4, 0.5) is 0 Å². The molecule has 0 saturated carbocycles. The van der Waals surface area contributed by atoms with Crippen LogP contribution in [0.25, 0.3) is 11.0 Å². The third-order valence-electron chi connectivity index (χ3n) is 2.29. The van der Waals surface area contributed by atoms with Crippen LogP contribution in [0.3, 0.4) is 0 Å². The second kappa shape index (κ2) is 2.99. The third-order valence-corrected chi connectivity index (χ3v) is 2.61. The molecule has 1 aromatic carbocycles. The van der Waals surface area contributed by atoms with Crippen molar-refractivity contribution in [3.63, 3.8) is 0 Å². The Morgan fingerprint density at radius 2 is 2.00 bits per heavy atom. The Balaban J connectivity index is 2.83. The fourth-order valence-electron chi connectivity index (χ4n) is 1.70. The average molecular weight is 209 g/mol. The minimum Gasteiger partial charge on any atom is -0.345 e. The number of nitrogens with zero attached hydrogens (tertiary/aromatic N) is 1. The molecule has 0 amide bonds. The van der Waals surface area contributed by atoms with Gasteiger partial charge in [-0.2, -0.15) is 0 Å². The van der Waals surface area contributed by atoms with Crippen molar-refractivity contribution in [2.24, 2.45) is 0 Å². The van der Waals surface area contributed by atoms with Gasteiger partial charge in [0.2, 0.25) is 0 Å². The van der Waals surface area contributed by atoms with Crippen LogP contribution in [0, 0.1) is 0 Å². The first-order chi connectivity index (χ1) is 6.50. The van der Waals surface area contributed by atoms with Crippen molar-refractivity contribution in [3.8, 4) is 0 Å². The Morgan fingerprint density at radius 1 is 1.29 bits per heavy atom. The van der Waals surface area contributed by atoms with E-state index in [0.29, 0.717) is 0 Å². The second-order valence-corrected chi connectivity index (χ2v) is 4.88. The Labute approximate surface area is 88.3 Å². The summed E-state index contributed by atoms with van der Waals surface area (Å²) in [5, 5.41) is 0.789. The molecule has 0 aliphatic rings. The van der Waals surface area contributed by atoms with Gasteiger partial charge in [0, 0.05) is 10.6 Å². The normalized spacial score (nSPS) is 12.3. The van der Waals surface area contributed by atoms with Crippen molar-refractivity contribution >= 4 is 22.6 Å². The molecule has 1 aromatic heterocycles. The van der Waals surface area contributed by atoms with Crippen molar-refractivity contribution in [2.45, 2.75) is 26.2 Å². The van der Waals surface area contributed by atoms with Gasteiger partial charge in [0.1, 0.15) is 0 Å². The number of hydrogen-bond donors (Lipinski definition) is 1. The molecule has 0 fully saturated rings. The van der Waals surface area contributed by atoms with Gasteiger partial charge in [-0.1, -0.05) is 32.4 Å². The minimum atomic E-state index is 0.0196. The molecule has 0 bridgehead atoms. The Kier molecular flexibility index (Phi) is 2.04. The van der Waals surface area contributed by atoms with Gasteiger partial charge in [-0.25, -0.2) is 4.98 Å². The predicted octanol–water partition coefficient (Wildman–Crippen LogP) is 3.51. The number of imidazole rings is 1. The third kappa shape index (κ3) is 1.40. The van der Waals surface area contributed by atoms with Crippen molar-refractivity contribution in [1.82, 2.24) is 9.97 Å². The summed E-state index contributed by atoms with van der Waals surface area (Å²) >= 11 is 6.19. The predicted molar refractivity (Wildman–Crippen MR) is 59.8 cm³/mol. The molecular weight excluding hydrogens is 196 g/mol. The van der Waals surface area contributed by atoms with E-state index in [4.69, 9.17) is 11.6 Å². The molecule has 0 saturated heterocycles. The zero-order valence-corrected chi connectivity index (χ0v) is 9.31. The lowest BCUT2D eigenvalue weighted by Gasteiger charge is -2.20. The quantitative estimate of drug-likeness (QED) is 0.705. The lowest BCUT2D eigenvalue weighted by Crippen LogP contribution is -2.12. The van der Waals surface area contributed by atoms with Crippen molar-refractivity contribution < 1.29 is 0 Å². The number of fused-ring (bicyclic) bond motifs is 1. The molecule has 2 aromatic rings. The lowest BCUT2D eigenvalue weighted by molar-refractivity contribution is 0.595. The van der Waals surface area contributed by atoms with E-state index in [1.165, 1.54) is 0 Å². The molecule has 1 N–H and O–H groups in total. The van der Waals surface area contributed by atoms with Crippen LogP contribution in [-0.2, 0) is 5.41 Å². The summed E-state index contributed by atoms with van der Waals surface area (Å²) in [6.07, 6.45) is 1.70. The van der Waals surface area contributed by atoms with Gasteiger partial charge in [-0.3, -0.25) is 0 Å². The van der Waals surface area contributed by atoms with Gasteiger partial charge in [-0.15, -0.1) is 0 Å². The van der Waals surface area contributed by atoms with Gasteiger partial charge >= 0.3 is 0 Å². The van der Waals surface area contributed by atoms with E-state index in [2.05, 4.69) is 30.7 Å². The van der Waals surface area contributed by atoms with E-state index < -0.39 is 0 Å². The second-order valence-electron chi connectivity index (χ2n) is 4.47. The van der Waals surface area contributed by atoms with E-state index in [0.717, 1.165) is 21.6 Å². The first kappa shape index (κ1) is 9.53. The Hall–Kier alpha value is -1.02. The van der Waals surface area contributed by atoms with Crippen LogP contribution in [0.1, 0.15) is 26.3 Å². The number of benzene rings is 1. The van der Waals surface area contributed by atoms with Gasteiger partial charge in [-0.05, 0) is 17.5 Å². The van der Waals surface area contributed by atoms with Crippen LogP contribution < -0.4 is 0 Å². The molecule has 2 rings (SSSR count). The molecule has 0 spiro atoms. The number of aromatic amines is 1. The highest BCUT2D eigenvalue weighted by molar-refractivity contribution is 6.32. The van der Waals surface area contributed by atoms with E-state index in [9.17, 15) is 0 Å². The van der Waals surface area contributed by atoms with Crippen LogP contribution in [0.2, 0.25) is 5.02 Å². The number of aromatic nitrogens is 2. The van der Waals surface area contributed by atoms with Gasteiger partial charge in [0.25, 0.3) is 0 Å². The fraction of sp³-hybridized carbons (Fsp3) is 0.364. The summed E-state index contributed by atoms with van der Waals surface area (Å²) in [5.74, 6) is 0. The molecule has 1 heterocycles. The molecule has 0 radical (unpaired) electrons. The zero-order chi connectivity index (χ0) is 10.3. The van der Waals surface area contributed by atoms with E-state index in [1.54, 1.807) is 6.33 Å². The molecule has 14 heavy (non-hydrogen) atoms. The van der Waals surface area contributed by atoms with Crippen molar-refractivity contribution in [2.75, 3.05) is 0 Å². The Morgan fingerprint density at radius 3 is 2.64 bits per heavy atom. The maximum atomic E-state index is 6.19.